The van der Waals surface area contributed by atoms with Crippen LogP contribution in [0, 0.1) is 0 Å². The van der Waals surface area contributed by atoms with Gasteiger partial charge >= 0.3 is 0 Å². The van der Waals surface area contributed by atoms with Gasteiger partial charge in [0.1, 0.15) is 22.3 Å². The van der Waals surface area contributed by atoms with Crippen LogP contribution >= 0.6 is 0 Å². The van der Waals surface area contributed by atoms with Crippen LogP contribution in [-0.4, -0.2) is 0 Å². The molecule has 0 aliphatic carbocycles. The van der Waals surface area contributed by atoms with Crippen LogP contribution in [0.2, 0.25) is 0 Å². The fraction of sp³-hybridized carbons (Fsp3) is 0. The van der Waals surface area contributed by atoms with Gasteiger partial charge in [0.25, 0.3) is 0 Å². The second-order valence-corrected chi connectivity index (χ2v) is 23.2. The van der Waals surface area contributed by atoms with Gasteiger partial charge in [-0.05, 0) is 156 Å². The van der Waals surface area contributed by atoms with E-state index in [2.05, 4.69) is 350 Å². The van der Waals surface area contributed by atoms with Crippen LogP contribution in [0.3, 0.4) is 0 Å². The standard InChI is InChI=1S/C86H56N2O2/c1-5-18-57(19-6-1)60-36-44-70(45-37-60)87(69-28-11-4-12-29-69)74-54-80(84-78-51-43-65-25-14-16-31-76(65)86(78)90-82(84)56-74)68-27-17-26-67(52-68)63-32-34-66(35-33-63)79-53-73(55-81-83(79)77-50-42-64-24-13-15-30-75(64)85(77)89-81)88(71-46-38-61(39-47-71)58-20-7-2-8-21-58)72-48-40-62(41-49-72)59-22-9-3-10-23-59/h1-56H. The molecule has 4 heteroatoms. The monoisotopic (exact) mass is 1150 g/mol. The van der Waals surface area contributed by atoms with Crippen LogP contribution in [0.25, 0.3) is 132 Å². The van der Waals surface area contributed by atoms with Crippen molar-refractivity contribution in [1.82, 2.24) is 0 Å². The van der Waals surface area contributed by atoms with E-state index in [9.17, 15) is 0 Å². The third kappa shape index (κ3) is 9.34. The number of hydrogen-bond acceptors (Lipinski definition) is 4. The summed E-state index contributed by atoms with van der Waals surface area (Å²) in [5.41, 5.74) is 23.1. The highest BCUT2D eigenvalue weighted by Crippen LogP contribution is 2.48. The molecule has 0 aliphatic heterocycles. The topological polar surface area (TPSA) is 32.8 Å². The molecule has 0 radical (unpaired) electrons. The molecule has 4 nitrogen and oxygen atoms in total. The van der Waals surface area contributed by atoms with E-state index < -0.39 is 0 Å². The molecule has 0 amide bonds. The number of benzene rings is 15. The Morgan fingerprint density at radius 1 is 0.189 bits per heavy atom. The average Bonchev–Trinajstić information content (AvgIpc) is 1.67. The van der Waals surface area contributed by atoms with Crippen molar-refractivity contribution in [3.8, 4) is 66.8 Å². The average molecular weight is 1150 g/mol. The van der Waals surface area contributed by atoms with Crippen molar-refractivity contribution in [1.29, 1.82) is 0 Å². The number of furan rings is 2. The molecule has 17 rings (SSSR count). The molecule has 2 heterocycles. The SMILES string of the molecule is c1ccc(-c2ccc(N(c3ccc(-c4ccccc4)cc3)c3cc(-c4ccc(-c5cccc(-c6cc(N(c7ccccc7)c7ccc(-c8ccccc8)cc7)cc7oc8c9ccccc9ccc8c67)c5)cc4)c4c(c3)oc3c5ccccc5ccc34)cc2)cc1. The molecule has 422 valence electrons. The minimum absolute atomic E-state index is 0.820. The Balaban J connectivity index is 0.808. The van der Waals surface area contributed by atoms with E-state index in [1.54, 1.807) is 0 Å². The van der Waals surface area contributed by atoms with Gasteiger partial charge in [-0.15, -0.1) is 0 Å². The molecule has 0 spiro atoms. The molecule has 0 bridgehead atoms. The lowest BCUT2D eigenvalue weighted by Gasteiger charge is -2.27. The highest BCUT2D eigenvalue weighted by atomic mass is 16.3. The lowest BCUT2D eigenvalue weighted by molar-refractivity contribution is 0.672. The lowest BCUT2D eigenvalue weighted by atomic mass is 9.93. The molecule has 0 N–H and O–H groups in total. The van der Waals surface area contributed by atoms with E-state index >= 15 is 0 Å². The van der Waals surface area contributed by atoms with Crippen molar-refractivity contribution in [2.45, 2.75) is 0 Å². The van der Waals surface area contributed by atoms with E-state index in [1.165, 1.54) is 16.7 Å². The summed E-state index contributed by atoms with van der Waals surface area (Å²) in [5.74, 6) is 0. The zero-order chi connectivity index (χ0) is 59.5. The highest BCUT2D eigenvalue weighted by molar-refractivity contribution is 6.21. The summed E-state index contributed by atoms with van der Waals surface area (Å²) in [6.45, 7) is 0. The van der Waals surface area contributed by atoms with Crippen LogP contribution < -0.4 is 9.80 Å². The Hall–Kier alpha value is -12.0. The number of para-hydroxylation sites is 1. The van der Waals surface area contributed by atoms with E-state index in [-0.39, 0.29) is 0 Å². The highest BCUT2D eigenvalue weighted by Gasteiger charge is 2.24. The predicted molar refractivity (Wildman–Crippen MR) is 378 cm³/mol. The van der Waals surface area contributed by atoms with Gasteiger partial charge in [0.2, 0.25) is 0 Å². The summed E-state index contributed by atoms with van der Waals surface area (Å²) in [5, 5.41) is 8.78. The second kappa shape index (κ2) is 22.1. The fourth-order valence-electron chi connectivity index (χ4n) is 13.4. The molecule has 90 heavy (non-hydrogen) atoms. The van der Waals surface area contributed by atoms with Crippen molar-refractivity contribution < 1.29 is 8.83 Å². The quantitative estimate of drug-likeness (QED) is 0.122. The number of hydrogen-bond donors (Lipinski definition) is 0. The molecule has 0 saturated heterocycles. The molecule has 0 aliphatic rings. The van der Waals surface area contributed by atoms with Gasteiger partial charge in [0.15, 0.2) is 0 Å². The molecule has 0 saturated carbocycles. The Kier molecular flexibility index (Phi) is 12.8. The molecule has 17 aromatic rings. The summed E-state index contributed by atoms with van der Waals surface area (Å²) in [7, 11) is 0. The predicted octanol–water partition coefficient (Wildman–Crippen LogP) is 24.7. The van der Waals surface area contributed by atoms with Crippen LogP contribution in [0.1, 0.15) is 0 Å². The van der Waals surface area contributed by atoms with Crippen molar-refractivity contribution in [3.05, 3.63) is 340 Å². The Morgan fingerprint density at radius 3 is 0.956 bits per heavy atom. The van der Waals surface area contributed by atoms with Crippen LogP contribution in [-0.2, 0) is 0 Å². The first-order valence-electron chi connectivity index (χ1n) is 30.7. The van der Waals surface area contributed by atoms with Gasteiger partial charge in [-0.3, -0.25) is 0 Å². The first-order chi connectivity index (χ1) is 44.6. The summed E-state index contributed by atoms with van der Waals surface area (Å²) >= 11 is 0. The van der Waals surface area contributed by atoms with Gasteiger partial charge in [0.05, 0.1) is 11.4 Å². The Labute approximate surface area is 521 Å². The molecule has 0 fully saturated rings. The molecular formula is C86H56N2O2. The lowest BCUT2D eigenvalue weighted by Crippen LogP contribution is -2.10. The van der Waals surface area contributed by atoms with E-state index in [4.69, 9.17) is 8.83 Å². The van der Waals surface area contributed by atoms with Gasteiger partial charge in [-0.1, -0.05) is 249 Å². The molecule has 2 aromatic heterocycles. The number of fused-ring (bicyclic) bond motifs is 10. The second-order valence-electron chi connectivity index (χ2n) is 23.2. The Bertz CT molecular complexity index is 5400. The number of nitrogens with zero attached hydrogens (tertiary/aromatic N) is 2. The minimum atomic E-state index is 0.820. The van der Waals surface area contributed by atoms with E-state index in [0.717, 1.165) is 150 Å². The van der Waals surface area contributed by atoms with Crippen molar-refractivity contribution in [2.24, 2.45) is 0 Å². The minimum Gasteiger partial charge on any atom is -0.455 e. The van der Waals surface area contributed by atoms with Crippen molar-refractivity contribution in [3.63, 3.8) is 0 Å². The maximum atomic E-state index is 7.12. The van der Waals surface area contributed by atoms with Crippen molar-refractivity contribution >= 4 is 99.5 Å². The largest absolute Gasteiger partial charge is 0.455 e. The van der Waals surface area contributed by atoms with Crippen LogP contribution in [0.5, 0.6) is 0 Å². The smallest absolute Gasteiger partial charge is 0.143 e. The molecular weight excluding hydrogens is 1090 g/mol. The van der Waals surface area contributed by atoms with Crippen LogP contribution in [0.15, 0.2) is 349 Å². The fourth-order valence-corrected chi connectivity index (χ4v) is 13.4. The Morgan fingerprint density at radius 2 is 0.511 bits per heavy atom. The van der Waals surface area contributed by atoms with Gasteiger partial charge in [0, 0.05) is 67.2 Å². The van der Waals surface area contributed by atoms with E-state index in [0.29, 0.717) is 0 Å². The first kappa shape index (κ1) is 52.4. The summed E-state index contributed by atoms with van der Waals surface area (Å²) in [4.78, 5) is 4.70. The van der Waals surface area contributed by atoms with Gasteiger partial charge < -0.3 is 18.6 Å². The number of rotatable bonds is 12. The first-order valence-corrected chi connectivity index (χ1v) is 30.7. The maximum absolute atomic E-state index is 7.12. The summed E-state index contributed by atoms with van der Waals surface area (Å²) in [6, 6.07) is 122. The van der Waals surface area contributed by atoms with E-state index in [1.807, 2.05) is 0 Å². The van der Waals surface area contributed by atoms with Crippen LogP contribution in [0.4, 0.5) is 34.1 Å². The van der Waals surface area contributed by atoms with Gasteiger partial charge in [-0.2, -0.15) is 0 Å². The molecule has 0 atom stereocenters. The third-order valence-corrected chi connectivity index (χ3v) is 17.8. The number of anilines is 6. The summed E-state index contributed by atoms with van der Waals surface area (Å²) in [6.07, 6.45) is 0. The summed E-state index contributed by atoms with van der Waals surface area (Å²) < 4.78 is 14.2. The zero-order valence-corrected chi connectivity index (χ0v) is 49.0. The molecule has 0 unspecified atom stereocenters. The van der Waals surface area contributed by atoms with Crippen molar-refractivity contribution in [2.75, 3.05) is 9.80 Å². The molecule has 15 aromatic carbocycles. The normalized spacial score (nSPS) is 11.6. The van der Waals surface area contributed by atoms with Gasteiger partial charge in [-0.25, -0.2) is 0 Å². The zero-order valence-electron chi connectivity index (χ0n) is 49.0. The third-order valence-electron chi connectivity index (χ3n) is 17.8. The maximum Gasteiger partial charge on any atom is 0.143 e.